The van der Waals surface area contributed by atoms with Crippen molar-refractivity contribution in [2.45, 2.75) is 83.1 Å². The number of esters is 1. The van der Waals surface area contributed by atoms with Gasteiger partial charge in [0.15, 0.2) is 5.13 Å². The number of thiazole rings is 1. The lowest BCUT2D eigenvalue weighted by atomic mass is 9.82. The molecule has 3 aliphatic carbocycles. The number of nitrogens with one attached hydrogen (secondary N) is 1. The molecule has 8 nitrogen and oxygen atoms in total. The van der Waals surface area contributed by atoms with Crippen LogP contribution >= 0.6 is 34.5 Å². The second-order valence-electron chi connectivity index (χ2n) is 12.4. The van der Waals surface area contributed by atoms with Crippen molar-refractivity contribution in [1.82, 2.24) is 10.1 Å². The maximum absolute atomic E-state index is 12.3. The largest absolute Gasteiger partial charge is 0.489 e. The van der Waals surface area contributed by atoms with Gasteiger partial charge in [-0.1, -0.05) is 45.8 Å². The Balaban J connectivity index is 1.06. The first-order chi connectivity index (χ1) is 21.3. The van der Waals surface area contributed by atoms with E-state index in [1.165, 1.54) is 7.11 Å². The van der Waals surface area contributed by atoms with E-state index in [2.05, 4.69) is 10.5 Å². The molecule has 2 bridgehead atoms. The van der Waals surface area contributed by atoms with Gasteiger partial charge in [0.1, 0.15) is 22.7 Å². The Morgan fingerprint density at radius 3 is 2.50 bits per heavy atom. The van der Waals surface area contributed by atoms with Gasteiger partial charge in [-0.15, -0.1) is 0 Å². The summed E-state index contributed by atoms with van der Waals surface area (Å²) in [5.41, 5.74) is 3.58. The van der Waals surface area contributed by atoms with Crippen molar-refractivity contribution in [3.63, 3.8) is 0 Å². The fourth-order valence-corrected chi connectivity index (χ4v) is 8.42. The maximum atomic E-state index is 12.3. The molecule has 0 amide bonds. The minimum absolute atomic E-state index is 0.0498. The Morgan fingerprint density at radius 2 is 1.84 bits per heavy atom. The highest BCUT2D eigenvalue weighted by Crippen LogP contribution is 2.48. The molecular weight excluding hydrogens is 621 g/mol. The van der Waals surface area contributed by atoms with Crippen LogP contribution < -0.4 is 10.1 Å². The van der Waals surface area contributed by atoms with Crippen LogP contribution in [-0.2, 0) is 16.1 Å². The van der Waals surface area contributed by atoms with E-state index in [1.54, 1.807) is 17.4 Å². The minimum atomic E-state index is -0.391. The topological polar surface area (TPSA) is 95.7 Å². The molecule has 2 aromatic heterocycles. The highest BCUT2D eigenvalue weighted by molar-refractivity contribution is 7.22. The van der Waals surface area contributed by atoms with E-state index in [1.807, 2.05) is 38.1 Å². The van der Waals surface area contributed by atoms with E-state index < -0.39 is 5.97 Å². The zero-order valence-corrected chi connectivity index (χ0v) is 27.2. The number of anilines is 1. The van der Waals surface area contributed by atoms with Crippen molar-refractivity contribution in [3.05, 3.63) is 57.3 Å². The molecule has 232 valence electrons. The summed E-state index contributed by atoms with van der Waals surface area (Å²) < 4.78 is 24.4. The first kappa shape index (κ1) is 29.8. The average Bonchev–Trinajstić information content (AvgIpc) is 3.56. The van der Waals surface area contributed by atoms with Crippen molar-refractivity contribution in [2.75, 3.05) is 12.4 Å². The molecule has 3 fully saturated rings. The van der Waals surface area contributed by atoms with Crippen LogP contribution in [0.2, 0.25) is 10.0 Å². The number of methoxy groups -OCH3 is 1. The van der Waals surface area contributed by atoms with Gasteiger partial charge in [-0.3, -0.25) is 0 Å². The quantitative estimate of drug-likeness (QED) is 0.169. The number of fused-ring (bicyclic) bond motifs is 3. The number of benzene rings is 2. The molecule has 2 aromatic carbocycles. The second-order valence-corrected chi connectivity index (χ2v) is 14.3. The van der Waals surface area contributed by atoms with Crippen molar-refractivity contribution in [1.29, 1.82) is 0 Å². The number of carbonyl (C=O) groups is 1. The molecule has 7 rings (SSSR count). The molecule has 3 saturated carbocycles. The predicted octanol–water partition coefficient (Wildman–Crippen LogP) is 8.90. The molecule has 4 aromatic rings. The van der Waals surface area contributed by atoms with Crippen LogP contribution in [0.15, 0.2) is 34.9 Å². The zero-order valence-electron chi connectivity index (χ0n) is 24.9. The molecular formula is C33H35Cl2N3O5S. The van der Waals surface area contributed by atoms with E-state index in [0.717, 1.165) is 65.2 Å². The Hall–Kier alpha value is -2.85. The Kier molecular flexibility index (Phi) is 8.24. The van der Waals surface area contributed by atoms with Gasteiger partial charge >= 0.3 is 5.97 Å². The number of halogens is 2. The van der Waals surface area contributed by atoms with Gasteiger partial charge in [-0.25, -0.2) is 9.78 Å². The van der Waals surface area contributed by atoms with E-state index in [9.17, 15) is 4.79 Å². The van der Waals surface area contributed by atoms with Crippen LogP contribution in [0.4, 0.5) is 5.13 Å². The SMILES string of the molecule is COC(=O)c1cc(OC(C)C)c2nc(NC3C4CCC3CC(OCc3c(-c5c(Cl)cccc5Cl)noc3C3CC3)C4)sc2c1. The second kappa shape index (κ2) is 12.2. The standard InChI is InChI=1S/C33H35Cl2N3O5S/c1-16(2)42-25-13-20(32(39)40-3)14-26-30(25)37-33(44-26)36-28-18-9-10-19(28)12-21(11-18)41-15-22-29(38-43-31(22)17-7-8-17)27-23(34)5-4-6-24(27)35/h4-6,13-14,16-19,21,28H,7-12,15H2,1-3H3,(H,36,37). The number of nitrogens with zero attached hydrogens (tertiary/aromatic N) is 2. The minimum Gasteiger partial charge on any atom is -0.489 e. The van der Waals surface area contributed by atoms with E-state index in [-0.39, 0.29) is 12.2 Å². The fraction of sp³-hybridized carbons (Fsp3) is 0.485. The third kappa shape index (κ3) is 5.80. The first-order valence-corrected chi connectivity index (χ1v) is 16.9. The fourth-order valence-electron chi connectivity index (χ4n) is 6.88. The zero-order chi connectivity index (χ0) is 30.5. The number of carbonyl (C=O) groups excluding carboxylic acids is 1. The van der Waals surface area contributed by atoms with Gasteiger partial charge in [0.05, 0.1) is 46.2 Å². The van der Waals surface area contributed by atoms with Gasteiger partial charge in [0.25, 0.3) is 0 Å². The highest BCUT2D eigenvalue weighted by Gasteiger charge is 2.44. The molecule has 44 heavy (non-hydrogen) atoms. The van der Waals surface area contributed by atoms with Crippen LogP contribution in [0.1, 0.15) is 80.0 Å². The molecule has 2 unspecified atom stereocenters. The summed E-state index contributed by atoms with van der Waals surface area (Å²) in [7, 11) is 1.39. The Morgan fingerprint density at radius 1 is 1.11 bits per heavy atom. The van der Waals surface area contributed by atoms with Crippen LogP contribution in [-0.4, -0.2) is 41.5 Å². The van der Waals surface area contributed by atoms with Gasteiger partial charge in [-0.05, 0) is 88.5 Å². The molecule has 0 spiro atoms. The summed E-state index contributed by atoms with van der Waals surface area (Å²) in [6.45, 7) is 4.35. The van der Waals surface area contributed by atoms with Crippen molar-refractivity contribution in [2.24, 2.45) is 11.8 Å². The van der Waals surface area contributed by atoms with Crippen molar-refractivity contribution < 1.29 is 23.5 Å². The third-order valence-corrected chi connectivity index (χ3v) is 10.6. The molecule has 2 heterocycles. The lowest BCUT2D eigenvalue weighted by molar-refractivity contribution is -0.00447. The number of hydrogen-bond donors (Lipinski definition) is 1. The molecule has 0 radical (unpaired) electrons. The van der Waals surface area contributed by atoms with Crippen LogP contribution in [0.25, 0.3) is 21.5 Å². The van der Waals surface area contributed by atoms with E-state index in [4.69, 9.17) is 46.9 Å². The summed E-state index contributed by atoms with van der Waals surface area (Å²) in [5, 5.41) is 10.1. The molecule has 1 N–H and O–H groups in total. The molecule has 0 aliphatic heterocycles. The summed E-state index contributed by atoms with van der Waals surface area (Å²) in [4.78, 5) is 17.2. The van der Waals surface area contributed by atoms with Crippen LogP contribution in [0, 0.1) is 11.8 Å². The van der Waals surface area contributed by atoms with Crippen molar-refractivity contribution >= 4 is 55.9 Å². The molecule has 2 atom stereocenters. The predicted molar refractivity (Wildman–Crippen MR) is 172 cm³/mol. The monoisotopic (exact) mass is 655 g/mol. The summed E-state index contributed by atoms with van der Waals surface area (Å²) >= 11 is 14.7. The van der Waals surface area contributed by atoms with Gasteiger partial charge in [-0.2, -0.15) is 0 Å². The number of rotatable bonds is 10. The average molecular weight is 657 g/mol. The van der Waals surface area contributed by atoms with Crippen LogP contribution in [0.3, 0.4) is 0 Å². The summed E-state index contributed by atoms with van der Waals surface area (Å²) in [6, 6.07) is 9.36. The molecule has 3 aliphatic rings. The lowest BCUT2D eigenvalue weighted by Gasteiger charge is -2.35. The van der Waals surface area contributed by atoms with E-state index in [0.29, 0.717) is 63.0 Å². The Labute approximate surface area is 270 Å². The number of ether oxygens (including phenoxy) is 3. The van der Waals surface area contributed by atoms with Gasteiger partial charge in [0, 0.05) is 23.1 Å². The third-order valence-electron chi connectivity index (χ3n) is 9.02. The summed E-state index contributed by atoms with van der Waals surface area (Å²) in [5.74, 6) is 2.45. The van der Waals surface area contributed by atoms with Crippen LogP contribution in [0.5, 0.6) is 5.75 Å². The first-order valence-electron chi connectivity index (χ1n) is 15.3. The lowest BCUT2D eigenvalue weighted by Crippen LogP contribution is -2.39. The summed E-state index contributed by atoms with van der Waals surface area (Å²) in [6.07, 6.45) is 6.54. The van der Waals surface area contributed by atoms with Gasteiger partial charge in [0.2, 0.25) is 0 Å². The van der Waals surface area contributed by atoms with Crippen molar-refractivity contribution in [3.8, 4) is 17.0 Å². The van der Waals surface area contributed by atoms with E-state index >= 15 is 0 Å². The highest BCUT2D eigenvalue weighted by atomic mass is 35.5. The molecule has 0 saturated heterocycles. The smallest absolute Gasteiger partial charge is 0.338 e. The Bertz CT molecular complexity index is 1670. The number of aromatic nitrogens is 2. The maximum Gasteiger partial charge on any atom is 0.338 e. The van der Waals surface area contributed by atoms with Gasteiger partial charge < -0.3 is 24.1 Å². The molecule has 11 heteroatoms. The number of hydrogen-bond acceptors (Lipinski definition) is 9. The normalized spacial score (nSPS) is 23.0.